The number of anilines is 1. The minimum absolute atomic E-state index is 0.213. The average molecular weight is 256 g/mol. The largest absolute Gasteiger partial charge is 0.383 e. The summed E-state index contributed by atoms with van der Waals surface area (Å²) >= 11 is 0. The Morgan fingerprint density at radius 3 is 2.84 bits per heavy atom. The van der Waals surface area contributed by atoms with Gasteiger partial charge in [-0.05, 0) is 48.7 Å². The minimum Gasteiger partial charge on any atom is -0.383 e. The van der Waals surface area contributed by atoms with E-state index in [-0.39, 0.29) is 6.04 Å². The Hall–Kier alpha value is -1.94. The SMILES string of the molecule is CCNC(Cc1cccnc1N)c1cnccc1C. The van der Waals surface area contributed by atoms with E-state index >= 15 is 0 Å². The highest BCUT2D eigenvalue weighted by atomic mass is 14.9. The lowest BCUT2D eigenvalue weighted by atomic mass is 9.97. The summed E-state index contributed by atoms with van der Waals surface area (Å²) in [5, 5.41) is 3.49. The van der Waals surface area contributed by atoms with Crippen molar-refractivity contribution < 1.29 is 0 Å². The van der Waals surface area contributed by atoms with Crippen LogP contribution in [0.5, 0.6) is 0 Å². The quantitative estimate of drug-likeness (QED) is 0.861. The van der Waals surface area contributed by atoms with Crippen LogP contribution in [0.15, 0.2) is 36.8 Å². The highest BCUT2D eigenvalue weighted by Gasteiger charge is 2.15. The summed E-state index contributed by atoms with van der Waals surface area (Å²) in [6.07, 6.45) is 6.28. The zero-order valence-corrected chi connectivity index (χ0v) is 11.4. The van der Waals surface area contributed by atoms with Gasteiger partial charge in [-0.1, -0.05) is 13.0 Å². The van der Waals surface area contributed by atoms with Gasteiger partial charge in [0.25, 0.3) is 0 Å². The van der Waals surface area contributed by atoms with Crippen molar-refractivity contribution in [2.45, 2.75) is 26.3 Å². The predicted molar refractivity (Wildman–Crippen MR) is 77.7 cm³/mol. The zero-order valence-electron chi connectivity index (χ0n) is 11.4. The van der Waals surface area contributed by atoms with Gasteiger partial charge >= 0.3 is 0 Å². The number of nitrogens with one attached hydrogen (secondary N) is 1. The minimum atomic E-state index is 0.213. The molecule has 2 aromatic heterocycles. The Kier molecular flexibility index (Phi) is 4.47. The summed E-state index contributed by atoms with van der Waals surface area (Å²) in [4.78, 5) is 8.37. The van der Waals surface area contributed by atoms with Gasteiger partial charge in [0.1, 0.15) is 5.82 Å². The molecule has 0 bridgehead atoms. The van der Waals surface area contributed by atoms with Crippen molar-refractivity contribution >= 4 is 5.82 Å². The van der Waals surface area contributed by atoms with E-state index in [9.17, 15) is 0 Å². The van der Waals surface area contributed by atoms with Crippen LogP contribution in [0, 0.1) is 6.92 Å². The van der Waals surface area contributed by atoms with Gasteiger partial charge < -0.3 is 11.1 Å². The van der Waals surface area contributed by atoms with Crippen molar-refractivity contribution in [2.24, 2.45) is 0 Å². The van der Waals surface area contributed by atoms with Crippen LogP contribution in [0.3, 0.4) is 0 Å². The second-order valence-corrected chi connectivity index (χ2v) is 4.59. The molecule has 0 aliphatic heterocycles. The smallest absolute Gasteiger partial charge is 0.126 e. The van der Waals surface area contributed by atoms with Gasteiger partial charge in [0.05, 0.1) is 0 Å². The highest BCUT2D eigenvalue weighted by molar-refractivity contribution is 5.40. The molecule has 3 N–H and O–H groups in total. The van der Waals surface area contributed by atoms with Crippen molar-refractivity contribution in [3.05, 3.63) is 53.5 Å². The molecule has 1 atom stereocenters. The molecule has 4 nitrogen and oxygen atoms in total. The summed E-state index contributed by atoms with van der Waals surface area (Å²) in [5.41, 5.74) is 9.45. The van der Waals surface area contributed by atoms with E-state index in [2.05, 4.69) is 29.1 Å². The second-order valence-electron chi connectivity index (χ2n) is 4.59. The third-order valence-corrected chi connectivity index (χ3v) is 3.26. The fraction of sp³-hybridized carbons (Fsp3) is 0.333. The third-order valence-electron chi connectivity index (χ3n) is 3.26. The normalized spacial score (nSPS) is 12.3. The molecule has 2 aromatic rings. The molecule has 0 fully saturated rings. The van der Waals surface area contributed by atoms with E-state index < -0.39 is 0 Å². The molecule has 2 rings (SSSR count). The molecule has 100 valence electrons. The monoisotopic (exact) mass is 256 g/mol. The van der Waals surface area contributed by atoms with Crippen molar-refractivity contribution in [2.75, 3.05) is 12.3 Å². The van der Waals surface area contributed by atoms with Gasteiger partial charge in [-0.3, -0.25) is 4.98 Å². The summed E-state index contributed by atoms with van der Waals surface area (Å²) in [6, 6.07) is 6.19. The Labute approximate surface area is 114 Å². The van der Waals surface area contributed by atoms with Crippen LogP contribution < -0.4 is 11.1 Å². The molecule has 0 aliphatic rings. The Balaban J connectivity index is 2.27. The number of aromatic nitrogens is 2. The topological polar surface area (TPSA) is 63.8 Å². The Morgan fingerprint density at radius 1 is 1.32 bits per heavy atom. The van der Waals surface area contributed by atoms with Crippen LogP contribution in [-0.4, -0.2) is 16.5 Å². The van der Waals surface area contributed by atoms with Crippen LogP contribution in [0.4, 0.5) is 5.82 Å². The first-order valence-electron chi connectivity index (χ1n) is 6.55. The number of likely N-dealkylation sites (N-methyl/N-ethyl adjacent to an activating group) is 1. The lowest BCUT2D eigenvalue weighted by Crippen LogP contribution is -2.24. The molecule has 2 heterocycles. The third kappa shape index (κ3) is 3.29. The predicted octanol–water partition coefficient (Wildman–Crippen LogP) is 2.26. The van der Waals surface area contributed by atoms with E-state index in [0.717, 1.165) is 18.5 Å². The molecule has 4 heteroatoms. The summed E-state index contributed by atoms with van der Waals surface area (Å²) in [7, 11) is 0. The number of nitrogens with two attached hydrogens (primary N) is 1. The van der Waals surface area contributed by atoms with Crippen molar-refractivity contribution in [3.63, 3.8) is 0 Å². The van der Waals surface area contributed by atoms with Crippen LogP contribution in [0.1, 0.15) is 29.7 Å². The lowest BCUT2D eigenvalue weighted by molar-refractivity contribution is 0.546. The van der Waals surface area contributed by atoms with Crippen LogP contribution >= 0.6 is 0 Å². The summed E-state index contributed by atoms with van der Waals surface area (Å²) in [5.74, 6) is 0.604. The molecular formula is C15H20N4. The van der Waals surface area contributed by atoms with Gasteiger partial charge in [-0.15, -0.1) is 0 Å². The molecule has 0 saturated heterocycles. The molecule has 0 radical (unpaired) electrons. The Morgan fingerprint density at radius 2 is 2.16 bits per heavy atom. The van der Waals surface area contributed by atoms with Crippen molar-refractivity contribution in [1.29, 1.82) is 0 Å². The number of hydrogen-bond acceptors (Lipinski definition) is 4. The van der Waals surface area contributed by atoms with Crippen LogP contribution in [0.25, 0.3) is 0 Å². The summed E-state index contributed by atoms with van der Waals surface area (Å²) in [6.45, 7) is 5.11. The zero-order chi connectivity index (χ0) is 13.7. The van der Waals surface area contributed by atoms with E-state index in [0.29, 0.717) is 5.82 Å². The van der Waals surface area contributed by atoms with Crippen LogP contribution in [0.2, 0.25) is 0 Å². The van der Waals surface area contributed by atoms with Crippen molar-refractivity contribution in [3.8, 4) is 0 Å². The van der Waals surface area contributed by atoms with Crippen LogP contribution in [-0.2, 0) is 6.42 Å². The van der Waals surface area contributed by atoms with E-state index in [1.807, 2.05) is 30.6 Å². The molecule has 1 unspecified atom stereocenters. The maximum absolute atomic E-state index is 5.93. The number of aryl methyl sites for hydroxylation is 1. The van der Waals surface area contributed by atoms with E-state index in [4.69, 9.17) is 5.73 Å². The van der Waals surface area contributed by atoms with Gasteiger partial charge in [0, 0.05) is 24.6 Å². The molecule has 0 amide bonds. The summed E-state index contributed by atoms with van der Waals surface area (Å²) < 4.78 is 0. The fourth-order valence-electron chi connectivity index (χ4n) is 2.22. The van der Waals surface area contributed by atoms with Gasteiger partial charge in [0.2, 0.25) is 0 Å². The number of hydrogen-bond donors (Lipinski definition) is 2. The molecular weight excluding hydrogens is 236 g/mol. The van der Waals surface area contributed by atoms with E-state index in [1.165, 1.54) is 11.1 Å². The molecule has 0 aromatic carbocycles. The standard InChI is InChI=1S/C15H20N4/c1-3-18-14(13-10-17-8-6-11(13)2)9-12-5-4-7-19-15(12)16/h4-8,10,14,18H,3,9H2,1-2H3,(H2,16,19). The first-order chi connectivity index (χ1) is 9.22. The number of pyridine rings is 2. The van der Waals surface area contributed by atoms with E-state index in [1.54, 1.807) is 6.20 Å². The fourth-order valence-corrected chi connectivity index (χ4v) is 2.22. The van der Waals surface area contributed by atoms with Crippen molar-refractivity contribution in [1.82, 2.24) is 15.3 Å². The highest BCUT2D eigenvalue weighted by Crippen LogP contribution is 2.22. The number of nitrogen functional groups attached to an aromatic ring is 1. The number of rotatable bonds is 5. The van der Waals surface area contributed by atoms with Gasteiger partial charge in [-0.25, -0.2) is 4.98 Å². The molecule has 0 spiro atoms. The molecule has 0 aliphatic carbocycles. The number of nitrogens with zero attached hydrogens (tertiary/aromatic N) is 2. The maximum Gasteiger partial charge on any atom is 0.126 e. The maximum atomic E-state index is 5.93. The van der Waals surface area contributed by atoms with Gasteiger partial charge in [0.15, 0.2) is 0 Å². The molecule has 19 heavy (non-hydrogen) atoms. The second kappa shape index (κ2) is 6.29. The lowest BCUT2D eigenvalue weighted by Gasteiger charge is -2.20. The van der Waals surface area contributed by atoms with Gasteiger partial charge in [-0.2, -0.15) is 0 Å². The average Bonchev–Trinajstić information content (AvgIpc) is 2.41. The first kappa shape index (κ1) is 13.5. The first-order valence-corrected chi connectivity index (χ1v) is 6.55. The Bertz CT molecular complexity index is 539. The molecule has 0 saturated carbocycles.